The molecule has 1 amide bonds. The molecular weight excluding hydrogens is 402 g/mol. The molecule has 1 atom stereocenters. The lowest BCUT2D eigenvalue weighted by molar-refractivity contribution is 0.0704. The van der Waals surface area contributed by atoms with E-state index < -0.39 is 0 Å². The first kappa shape index (κ1) is 20.1. The van der Waals surface area contributed by atoms with Crippen molar-refractivity contribution >= 4 is 5.91 Å². The van der Waals surface area contributed by atoms with Gasteiger partial charge in [-0.1, -0.05) is 18.2 Å². The molecule has 0 bridgehead atoms. The molecule has 3 heterocycles. The Kier molecular flexibility index (Phi) is 5.23. The lowest BCUT2D eigenvalue weighted by Gasteiger charge is -2.32. The summed E-state index contributed by atoms with van der Waals surface area (Å²) in [5.41, 5.74) is 2.31. The van der Waals surface area contributed by atoms with E-state index in [9.17, 15) is 9.59 Å². The maximum Gasteiger partial charge on any atom is 0.350 e. The van der Waals surface area contributed by atoms with Gasteiger partial charge in [0.2, 0.25) is 0 Å². The Hall–Kier alpha value is -3.87. The average molecular weight is 428 g/mol. The highest BCUT2D eigenvalue weighted by molar-refractivity contribution is 5.94. The number of benzene rings is 2. The van der Waals surface area contributed by atoms with Crippen molar-refractivity contribution in [1.82, 2.24) is 23.8 Å². The van der Waals surface area contributed by atoms with Gasteiger partial charge in [-0.2, -0.15) is 5.10 Å². The Balaban J connectivity index is 1.39. The number of aromatic nitrogens is 4. The fourth-order valence-corrected chi connectivity index (χ4v) is 4.41. The quantitative estimate of drug-likeness (QED) is 0.502. The number of para-hydroxylation sites is 1. The predicted molar refractivity (Wildman–Crippen MR) is 122 cm³/mol. The Morgan fingerprint density at radius 2 is 1.66 bits per heavy atom. The van der Waals surface area contributed by atoms with E-state index in [1.165, 1.54) is 4.68 Å². The fourth-order valence-electron chi connectivity index (χ4n) is 4.41. The average Bonchev–Trinajstić information content (AvgIpc) is 3.48. The molecule has 7 nitrogen and oxygen atoms in total. The van der Waals surface area contributed by atoms with Crippen molar-refractivity contribution < 1.29 is 4.79 Å². The minimum atomic E-state index is -0.171. The van der Waals surface area contributed by atoms with Crippen LogP contribution in [0.2, 0.25) is 0 Å². The molecular formula is C25H25N5O2. The van der Waals surface area contributed by atoms with Crippen LogP contribution in [-0.4, -0.2) is 42.8 Å². The molecule has 0 radical (unpaired) electrons. The predicted octanol–water partition coefficient (Wildman–Crippen LogP) is 3.38. The first-order valence-corrected chi connectivity index (χ1v) is 10.9. The minimum absolute atomic E-state index is 0.000883. The lowest BCUT2D eigenvalue weighted by atomic mass is 9.96. The summed E-state index contributed by atoms with van der Waals surface area (Å²) in [4.78, 5) is 27.9. The van der Waals surface area contributed by atoms with E-state index in [4.69, 9.17) is 0 Å². The Labute approximate surface area is 186 Å². The van der Waals surface area contributed by atoms with Crippen molar-refractivity contribution in [3.8, 4) is 11.4 Å². The van der Waals surface area contributed by atoms with Gasteiger partial charge in [-0.25, -0.2) is 14.0 Å². The van der Waals surface area contributed by atoms with Crippen molar-refractivity contribution in [2.75, 3.05) is 13.1 Å². The number of carbonyl (C=O) groups excluding carboxylic acids is 1. The number of nitrogens with zero attached hydrogens (tertiary/aromatic N) is 5. The summed E-state index contributed by atoms with van der Waals surface area (Å²) in [7, 11) is 1.67. The van der Waals surface area contributed by atoms with E-state index in [0.717, 1.165) is 24.2 Å². The Morgan fingerprint density at radius 1 is 0.938 bits per heavy atom. The summed E-state index contributed by atoms with van der Waals surface area (Å²) < 4.78 is 5.06. The zero-order valence-corrected chi connectivity index (χ0v) is 18.0. The molecule has 2 aromatic carbocycles. The van der Waals surface area contributed by atoms with Gasteiger partial charge in [0.1, 0.15) is 5.82 Å². The van der Waals surface area contributed by atoms with Gasteiger partial charge in [0.25, 0.3) is 5.91 Å². The number of piperidine rings is 1. The molecule has 4 aromatic rings. The second-order valence-electron chi connectivity index (χ2n) is 8.16. The highest BCUT2D eigenvalue weighted by Crippen LogP contribution is 2.27. The molecule has 0 N–H and O–H groups in total. The number of carbonyl (C=O) groups is 1. The van der Waals surface area contributed by atoms with Crippen LogP contribution in [0.15, 0.2) is 83.9 Å². The van der Waals surface area contributed by atoms with Gasteiger partial charge in [0, 0.05) is 49.7 Å². The van der Waals surface area contributed by atoms with Crippen LogP contribution in [0.4, 0.5) is 0 Å². The molecule has 1 aliphatic heterocycles. The van der Waals surface area contributed by atoms with Crippen molar-refractivity contribution in [3.05, 3.63) is 101 Å². The zero-order valence-electron chi connectivity index (χ0n) is 18.0. The van der Waals surface area contributed by atoms with Crippen LogP contribution in [0.5, 0.6) is 0 Å². The molecule has 0 aliphatic carbocycles. The van der Waals surface area contributed by atoms with E-state index in [0.29, 0.717) is 24.5 Å². The number of hydrogen-bond acceptors (Lipinski definition) is 3. The number of rotatable bonds is 4. The first-order chi connectivity index (χ1) is 15.6. The fraction of sp³-hybridized carbons (Fsp3) is 0.240. The molecule has 5 rings (SSSR count). The van der Waals surface area contributed by atoms with Gasteiger partial charge in [0.15, 0.2) is 0 Å². The van der Waals surface area contributed by atoms with Gasteiger partial charge < -0.3 is 9.47 Å². The minimum Gasteiger partial charge on any atom is -0.338 e. The summed E-state index contributed by atoms with van der Waals surface area (Å²) in [5, 5.41) is 4.54. The second kappa shape index (κ2) is 8.34. The summed E-state index contributed by atoms with van der Waals surface area (Å²) in [6.07, 6.45) is 5.72. The molecule has 162 valence electrons. The molecule has 0 unspecified atom stereocenters. The summed E-state index contributed by atoms with van der Waals surface area (Å²) in [5.74, 6) is 0.725. The number of amides is 1. The van der Waals surface area contributed by atoms with Gasteiger partial charge in [0.05, 0.1) is 5.69 Å². The molecule has 32 heavy (non-hydrogen) atoms. The standard InChI is InChI=1S/C25H25N5O2/c1-27-25(32)30(22-9-3-2-4-10-22)23(26-27)20-8-7-17-29(18-20)24(31)19-11-13-21(14-12-19)28-15-5-6-16-28/h2-6,9-16,20H,7-8,17-18H2,1H3/t20-/m1/s1. The third-order valence-electron chi connectivity index (χ3n) is 6.05. The third-order valence-corrected chi connectivity index (χ3v) is 6.05. The lowest BCUT2D eigenvalue weighted by Crippen LogP contribution is -2.40. The highest BCUT2D eigenvalue weighted by atomic mass is 16.2. The topological polar surface area (TPSA) is 65.1 Å². The SMILES string of the molecule is Cn1nc([C@@H]2CCCN(C(=O)c3ccc(-n4cccc4)cc3)C2)n(-c2ccccc2)c1=O. The molecule has 1 fully saturated rings. The van der Waals surface area contributed by atoms with Crippen LogP contribution in [0.25, 0.3) is 11.4 Å². The molecule has 0 spiro atoms. The smallest absolute Gasteiger partial charge is 0.338 e. The number of likely N-dealkylation sites (tertiary alicyclic amines) is 1. The van der Waals surface area contributed by atoms with E-state index in [-0.39, 0.29) is 17.5 Å². The van der Waals surface area contributed by atoms with Crippen LogP contribution < -0.4 is 5.69 Å². The Morgan fingerprint density at radius 3 is 2.38 bits per heavy atom. The van der Waals surface area contributed by atoms with Crippen molar-refractivity contribution in [2.24, 2.45) is 7.05 Å². The van der Waals surface area contributed by atoms with Crippen LogP contribution in [0.3, 0.4) is 0 Å². The van der Waals surface area contributed by atoms with Crippen LogP contribution >= 0.6 is 0 Å². The molecule has 0 saturated carbocycles. The van der Waals surface area contributed by atoms with E-state index in [1.54, 1.807) is 11.6 Å². The van der Waals surface area contributed by atoms with Gasteiger partial charge in [-0.15, -0.1) is 0 Å². The van der Waals surface area contributed by atoms with Crippen molar-refractivity contribution in [2.45, 2.75) is 18.8 Å². The van der Waals surface area contributed by atoms with Crippen LogP contribution in [-0.2, 0) is 7.05 Å². The zero-order chi connectivity index (χ0) is 22.1. The first-order valence-electron chi connectivity index (χ1n) is 10.9. The van der Waals surface area contributed by atoms with E-state index >= 15 is 0 Å². The van der Waals surface area contributed by atoms with Crippen LogP contribution in [0.1, 0.15) is 34.9 Å². The number of hydrogen-bond donors (Lipinski definition) is 0. The maximum atomic E-state index is 13.2. The maximum absolute atomic E-state index is 13.2. The molecule has 1 aliphatic rings. The number of aryl methyl sites for hydroxylation is 1. The van der Waals surface area contributed by atoms with Crippen molar-refractivity contribution in [3.63, 3.8) is 0 Å². The van der Waals surface area contributed by atoms with Crippen molar-refractivity contribution in [1.29, 1.82) is 0 Å². The molecule has 1 saturated heterocycles. The van der Waals surface area contributed by atoms with Gasteiger partial charge in [-0.05, 0) is 61.4 Å². The third kappa shape index (κ3) is 3.66. The monoisotopic (exact) mass is 427 g/mol. The van der Waals surface area contributed by atoms with Crippen LogP contribution in [0, 0.1) is 0 Å². The second-order valence-corrected chi connectivity index (χ2v) is 8.16. The van der Waals surface area contributed by atoms with Gasteiger partial charge >= 0.3 is 5.69 Å². The summed E-state index contributed by atoms with van der Waals surface area (Å²) >= 11 is 0. The highest BCUT2D eigenvalue weighted by Gasteiger charge is 2.30. The normalized spacial score (nSPS) is 16.3. The summed E-state index contributed by atoms with van der Waals surface area (Å²) in [6.45, 7) is 1.25. The molecule has 2 aromatic heterocycles. The van der Waals surface area contributed by atoms with E-state index in [1.807, 2.05) is 88.6 Å². The Bertz CT molecular complexity index is 1270. The van der Waals surface area contributed by atoms with Gasteiger partial charge in [-0.3, -0.25) is 4.79 Å². The largest absolute Gasteiger partial charge is 0.350 e. The van der Waals surface area contributed by atoms with E-state index in [2.05, 4.69) is 5.10 Å². The summed E-state index contributed by atoms with van der Waals surface area (Å²) in [6, 6.07) is 21.2. The molecule has 7 heteroatoms.